The summed E-state index contributed by atoms with van der Waals surface area (Å²) >= 11 is 6.06. The number of aromatic hydroxyl groups is 1. The van der Waals surface area contributed by atoms with Crippen LogP contribution >= 0.6 is 11.6 Å². The van der Waals surface area contributed by atoms with Crippen molar-refractivity contribution in [2.75, 3.05) is 0 Å². The summed E-state index contributed by atoms with van der Waals surface area (Å²) in [5, 5.41) is 10.4. The van der Waals surface area contributed by atoms with Gasteiger partial charge in [-0.25, -0.2) is 13.8 Å². The molecule has 0 atom stereocenters. The number of hydrogen-bond donors (Lipinski definition) is 1. The largest absolute Gasteiger partial charge is 0.492 e. The van der Waals surface area contributed by atoms with Gasteiger partial charge in [0.05, 0.1) is 16.8 Å². The SMILES string of the molecule is CC(C)c1oc(=O)n(-c2cc(OC3CCCC3)c(Cl)cc2F)c1O. The van der Waals surface area contributed by atoms with E-state index in [1.54, 1.807) is 13.8 Å². The number of aromatic nitrogens is 1. The average Bonchev–Trinajstić information content (AvgIpc) is 3.11. The third-order valence-corrected chi connectivity index (χ3v) is 4.47. The van der Waals surface area contributed by atoms with Gasteiger partial charge < -0.3 is 14.3 Å². The molecule has 0 aliphatic heterocycles. The predicted molar refractivity (Wildman–Crippen MR) is 87.9 cm³/mol. The molecule has 1 fully saturated rings. The zero-order valence-electron chi connectivity index (χ0n) is 13.5. The molecule has 1 aliphatic rings. The first-order valence-electron chi connectivity index (χ1n) is 7.99. The Morgan fingerprint density at radius 3 is 2.62 bits per heavy atom. The van der Waals surface area contributed by atoms with E-state index in [0.29, 0.717) is 5.75 Å². The highest BCUT2D eigenvalue weighted by molar-refractivity contribution is 6.32. The second kappa shape index (κ2) is 6.51. The van der Waals surface area contributed by atoms with Crippen molar-refractivity contribution in [1.29, 1.82) is 0 Å². The number of benzene rings is 1. The van der Waals surface area contributed by atoms with Crippen LogP contribution < -0.4 is 10.5 Å². The van der Waals surface area contributed by atoms with Crippen LogP contribution in [0, 0.1) is 5.82 Å². The molecular weight excluding hydrogens is 337 g/mol. The predicted octanol–water partition coefficient (Wildman–Crippen LogP) is 4.37. The molecule has 1 saturated carbocycles. The maximum Gasteiger partial charge on any atom is 0.426 e. The van der Waals surface area contributed by atoms with Crippen LogP contribution in [-0.2, 0) is 0 Å². The van der Waals surface area contributed by atoms with Crippen LogP contribution in [0.15, 0.2) is 21.3 Å². The molecule has 0 spiro atoms. The van der Waals surface area contributed by atoms with Crippen molar-refractivity contribution in [3.63, 3.8) is 0 Å². The lowest BCUT2D eigenvalue weighted by Crippen LogP contribution is -2.15. The third-order valence-electron chi connectivity index (χ3n) is 4.17. The van der Waals surface area contributed by atoms with Crippen molar-refractivity contribution >= 4 is 11.6 Å². The molecule has 0 unspecified atom stereocenters. The van der Waals surface area contributed by atoms with E-state index in [4.69, 9.17) is 20.8 Å². The monoisotopic (exact) mass is 355 g/mol. The van der Waals surface area contributed by atoms with Gasteiger partial charge in [0.2, 0.25) is 5.88 Å². The molecule has 130 valence electrons. The topological polar surface area (TPSA) is 64.6 Å². The van der Waals surface area contributed by atoms with Crippen LogP contribution in [0.4, 0.5) is 4.39 Å². The van der Waals surface area contributed by atoms with Gasteiger partial charge >= 0.3 is 5.76 Å². The molecule has 1 aromatic heterocycles. The normalized spacial score (nSPS) is 15.4. The van der Waals surface area contributed by atoms with Crippen molar-refractivity contribution in [3.05, 3.63) is 39.3 Å². The number of halogens is 2. The Hall–Kier alpha value is -1.95. The third kappa shape index (κ3) is 3.02. The summed E-state index contributed by atoms with van der Waals surface area (Å²) in [5.74, 6) is -1.84. The van der Waals surface area contributed by atoms with Crippen molar-refractivity contribution < 1.29 is 18.7 Å². The highest BCUT2D eigenvalue weighted by atomic mass is 35.5. The summed E-state index contributed by atoms with van der Waals surface area (Å²) in [6, 6.07) is 2.41. The molecule has 1 heterocycles. The van der Waals surface area contributed by atoms with Gasteiger partial charge in [0.25, 0.3) is 0 Å². The molecule has 1 aliphatic carbocycles. The molecule has 3 rings (SSSR count). The Kier molecular flexibility index (Phi) is 4.58. The molecule has 0 bridgehead atoms. The van der Waals surface area contributed by atoms with Gasteiger partial charge in [-0.3, -0.25) is 0 Å². The van der Waals surface area contributed by atoms with Gasteiger partial charge in [0, 0.05) is 12.0 Å². The van der Waals surface area contributed by atoms with E-state index in [-0.39, 0.29) is 28.5 Å². The van der Waals surface area contributed by atoms with Gasteiger partial charge in [-0.2, -0.15) is 0 Å². The number of nitrogens with zero attached hydrogens (tertiary/aromatic N) is 1. The van der Waals surface area contributed by atoms with Crippen LogP contribution in [0.1, 0.15) is 51.2 Å². The van der Waals surface area contributed by atoms with Crippen LogP contribution in [-0.4, -0.2) is 15.8 Å². The lowest BCUT2D eigenvalue weighted by molar-refractivity contribution is 0.210. The van der Waals surface area contributed by atoms with Crippen LogP contribution in [0.5, 0.6) is 11.6 Å². The number of oxazole rings is 1. The fourth-order valence-electron chi connectivity index (χ4n) is 2.94. The first-order valence-corrected chi connectivity index (χ1v) is 8.37. The summed E-state index contributed by atoms with van der Waals surface area (Å²) < 4.78 is 26.0. The first-order chi connectivity index (χ1) is 11.4. The van der Waals surface area contributed by atoms with E-state index in [1.807, 2.05) is 0 Å². The fourth-order valence-corrected chi connectivity index (χ4v) is 3.13. The van der Waals surface area contributed by atoms with Crippen molar-refractivity contribution in [2.45, 2.75) is 51.6 Å². The summed E-state index contributed by atoms with van der Waals surface area (Å²) in [6.45, 7) is 3.52. The van der Waals surface area contributed by atoms with E-state index < -0.39 is 17.5 Å². The van der Waals surface area contributed by atoms with Crippen LogP contribution in [0.25, 0.3) is 5.69 Å². The minimum absolute atomic E-state index is 0.0294. The lowest BCUT2D eigenvalue weighted by Gasteiger charge is -2.16. The quantitative estimate of drug-likeness (QED) is 0.884. The van der Waals surface area contributed by atoms with E-state index >= 15 is 0 Å². The Bertz CT molecular complexity index is 806. The highest BCUT2D eigenvalue weighted by Crippen LogP contribution is 2.35. The van der Waals surface area contributed by atoms with Gasteiger partial charge in [-0.15, -0.1) is 0 Å². The van der Waals surface area contributed by atoms with Gasteiger partial charge in [-0.1, -0.05) is 25.4 Å². The molecule has 0 amide bonds. The molecule has 0 saturated heterocycles. The van der Waals surface area contributed by atoms with Crippen molar-refractivity contribution in [3.8, 4) is 17.3 Å². The Labute approximate surface area is 143 Å². The van der Waals surface area contributed by atoms with E-state index in [2.05, 4.69) is 0 Å². The zero-order valence-corrected chi connectivity index (χ0v) is 14.3. The maximum absolute atomic E-state index is 14.3. The summed E-state index contributed by atoms with van der Waals surface area (Å²) in [5.41, 5.74) is -0.148. The van der Waals surface area contributed by atoms with Gasteiger partial charge in [0.15, 0.2) is 5.76 Å². The Balaban J connectivity index is 2.06. The summed E-state index contributed by atoms with van der Waals surface area (Å²) in [7, 11) is 0. The number of rotatable bonds is 4. The minimum Gasteiger partial charge on any atom is -0.492 e. The molecule has 1 N–H and O–H groups in total. The molecule has 7 heteroatoms. The minimum atomic E-state index is -0.857. The van der Waals surface area contributed by atoms with E-state index in [9.17, 15) is 14.3 Å². The Morgan fingerprint density at radius 2 is 2.04 bits per heavy atom. The smallest absolute Gasteiger partial charge is 0.426 e. The summed E-state index contributed by atoms with van der Waals surface area (Å²) in [6.07, 6.45) is 4.02. The van der Waals surface area contributed by atoms with Gasteiger partial charge in [0.1, 0.15) is 11.6 Å². The molecule has 0 radical (unpaired) electrons. The summed E-state index contributed by atoms with van der Waals surface area (Å²) in [4.78, 5) is 12.1. The van der Waals surface area contributed by atoms with Crippen LogP contribution in [0.3, 0.4) is 0 Å². The second-order valence-corrected chi connectivity index (χ2v) is 6.71. The fraction of sp³-hybridized carbons (Fsp3) is 0.471. The van der Waals surface area contributed by atoms with Crippen LogP contribution in [0.2, 0.25) is 5.02 Å². The zero-order chi connectivity index (χ0) is 17.4. The van der Waals surface area contributed by atoms with Crippen molar-refractivity contribution in [2.24, 2.45) is 0 Å². The second-order valence-electron chi connectivity index (χ2n) is 6.30. The Morgan fingerprint density at radius 1 is 1.38 bits per heavy atom. The molecule has 24 heavy (non-hydrogen) atoms. The number of hydrogen-bond acceptors (Lipinski definition) is 4. The van der Waals surface area contributed by atoms with Gasteiger partial charge in [-0.05, 0) is 31.7 Å². The number of ether oxygens (including phenoxy) is 1. The van der Waals surface area contributed by atoms with Crippen molar-refractivity contribution in [1.82, 2.24) is 4.57 Å². The first kappa shape index (κ1) is 16.9. The molecular formula is C17H19ClFNO4. The molecule has 2 aromatic rings. The van der Waals surface area contributed by atoms with E-state index in [0.717, 1.165) is 36.3 Å². The maximum atomic E-state index is 14.3. The molecule has 5 nitrogen and oxygen atoms in total. The molecule has 1 aromatic carbocycles. The lowest BCUT2D eigenvalue weighted by atomic mass is 10.2. The highest BCUT2D eigenvalue weighted by Gasteiger charge is 2.24. The van der Waals surface area contributed by atoms with E-state index in [1.165, 1.54) is 6.07 Å². The standard InChI is InChI=1S/C17H19ClFNO4/c1-9(2)15-16(21)20(17(22)24-15)13-8-14(11(18)7-12(13)19)23-10-5-3-4-6-10/h7-10,21H,3-6H2,1-2H3. The average molecular weight is 356 g/mol.